The summed E-state index contributed by atoms with van der Waals surface area (Å²) in [6.07, 6.45) is 0.597. The van der Waals surface area contributed by atoms with E-state index in [2.05, 4.69) is 10.6 Å². The molecule has 1 fully saturated rings. The van der Waals surface area contributed by atoms with Gasteiger partial charge in [0.2, 0.25) is 5.91 Å². The van der Waals surface area contributed by atoms with Crippen molar-refractivity contribution in [2.75, 3.05) is 30.8 Å². The second-order valence-corrected chi connectivity index (χ2v) is 6.86. The van der Waals surface area contributed by atoms with E-state index in [1.165, 1.54) is 0 Å². The number of benzene rings is 2. The van der Waals surface area contributed by atoms with E-state index in [1.54, 1.807) is 12.0 Å². The number of anilines is 2. The predicted octanol–water partition coefficient (Wildman–Crippen LogP) is 3.13. The van der Waals surface area contributed by atoms with E-state index in [-0.39, 0.29) is 11.9 Å². The summed E-state index contributed by atoms with van der Waals surface area (Å²) in [6, 6.07) is 13.1. The van der Waals surface area contributed by atoms with E-state index in [0.29, 0.717) is 25.3 Å². The second-order valence-electron chi connectivity index (χ2n) is 6.86. The van der Waals surface area contributed by atoms with Crippen LogP contribution in [0, 0.1) is 6.92 Å². The van der Waals surface area contributed by atoms with Gasteiger partial charge in [-0.05, 0) is 48.7 Å². The molecular formula is C20H21N3O3. The van der Waals surface area contributed by atoms with Crippen molar-refractivity contribution < 1.29 is 14.3 Å². The third kappa shape index (κ3) is 2.49. The van der Waals surface area contributed by atoms with Gasteiger partial charge in [0.15, 0.2) is 0 Å². The molecule has 1 spiro atoms. The van der Waals surface area contributed by atoms with Crippen LogP contribution in [0.1, 0.15) is 17.5 Å². The normalized spacial score (nSPS) is 20.8. The monoisotopic (exact) mass is 351 g/mol. The van der Waals surface area contributed by atoms with Crippen molar-refractivity contribution in [3.05, 3.63) is 53.6 Å². The van der Waals surface area contributed by atoms with E-state index >= 15 is 0 Å². The van der Waals surface area contributed by atoms with Gasteiger partial charge in [0, 0.05) is 24.5 Å². The van der Waals surface area contributed by atoms with Crippen LogP contribution >= 0.6 is 0 Å². The fourth-order valence-corrected chi connectivity index (χ4v) is 3.82. The molecule has 2 aromatic carbocycles. The number of hydrogen-bond acceptors (Lipinski definition) is 3. The Morgan fingerprint density at radius 1 is 1.27 bits per heavy atom. The Labute approximate surface area is 152 Å². The molecular weight excluding hydrogens is 330 g/mol. The first-order chi connectivity index (χ1) is 12.5. The summed E-state index contributed by atoms with van der Waals surface area (Å²) in [5.74, 6) is 0.661. The number of hydrogen-bond donors (Lipinski definition) is 2. The average Bonchev–Trinajstić information content (AvgIpc) is 3.20. The lowest BCUT2D eigenvalue weighted by Gasteiger charge is -2.23. The van der Waals surface area contributed by atoms with Gasteiger partial charge < -0.3 is 20.3 Å². The van der Waals surface area contributed by atoms with E-state index in [4.69, 9.17) is 4.74 Å². The van der Waals surface area contributed by atoms with Crippen LogP contribution in [-0.4, -0.2) is 37.0 Å². The highest BCUT2D eigenvalue weighted by Crippen LogP contribution is 2.45. The number of aryl methyl sites for hydroxylation is 1. The van der Waals surface area contributed by atoms with E-state index < -0.39 is 5.41 Å². The van der Waals surface area contributed by atoms with Gasteiger partial charge in [-0.3, -0.25) is 4.79 Å². The second kappa shape index (κ2) is 6.05. The van der Waals surface area contributed by atoms with Crippen LogP contribution in [0.2, 0.25) is 0 Å². The molecule has 3 amide bonds. The van der Waals surface area contributed by atoms with Crippen LogP contribution in [0.3, 0.4) is 0 Å². The maximum atomic E-state index is 12.7. The summed E-state index contributed by atoms with van der Waals surface area (Å²) in [4.78, 5) is 27.1. The van der Waals surface area contributed by atoms with Gasteiger partial charge in [0.25, 0.3) is 0 Å². The highest BCUT2D eigenvalue weighted by atomic mass is 16.5. The Bertz CT molecular complexity index is 896. The highest BCUT2D eigenvalue weighted by molar-refractivity contribution is 6.07. The number of fused-ring (bicyclic) bond motifs is 2. The van der Waals surface area contributed by atoms with Gasteiger partial charge in [-0.15, -0.1) is 0 Å². The van der Waals surface area contributed by atoms with Crippen molar-refractivity contribution in [2.24, 2.45) is 0 Å². The van der Waals surface area contributed by atoms with Crippen molar-refractivity contribution in [1.29, 1.82) is 0 Å². The largest absolute Gasteiger partial charge is 0.497 e. The molecule has 4 rings (SSSR count). The minimum atomic E-state index is -0.701. The molecule has 0 radical (unpaired) electrons. The molecule has 2 N–H and O–H groups in total. The molecule has 6 heteroatoms. The molecule has 0 bridgehead atoms. The first-order valence-electron chi connectivity index (χ1n) is 8.65. The predicted molar refractivity (Wildman–Crippen MR) is 99.7 cm³/mol. The summed E-state index contributed by atoms with van der Waals surface area (Å²) in [7, 11) is 1.61. The number of nitrogens with zero attached hydrogens (tertiary/aromatic N) is 1. The van der Waals surface area contributed by atoms with Crippen LogP contribution in [0.5, 0.6) is 5.75 Å². The number of para-hydroxylation sites is 1. The van der Waals surface area contributed by atoms with Gasteiger partial charge in [-0.1, -0.05) is 18.2 Å². The van der Waals surface area contributed by atoms with Crippen molar-refractivity contribution in [3.63, 3.8) is 0 Å². The van der Waals surface area contributed by atoms with Crippen LogP contribution in [-0.2, 0) is 10.2 Å². The fourth-order valence-electron chi connectivity index (χ4n) is 3.82. The summed E-state index contributed by atoms with van der Waals surface area (Å²) in [5, 5.41) is 5.90. The first kappa shape index (κ1) is 16.4. The molecule has 0 aromatic heterocycles. The number of carbonyl (C=O) groups excluding carboxylic acids is 2. The standard InChI is InChI=1S/C20H21N3O3/c1-13-5-3-4-6-16(13)22-19(25)23-10-9-20(12-23)15-11-14(26-2)7-8-17(15)21-18(20)24/h3-8,11H,9-10,12H2,1-2H3,(H,21,24)(H,22,25)/t20-/m1/s1. The molecule has 134 valence electrons. The summed E-state index contributed by atoms with van der Waals surface area (Å²) >= 11 is 0. The zero-order chi connectivity index (χ0) is 18.3. The number of nitrogens with one attached hydrogen (secondary N) is 2. The topological polar surface area (TPSA) is 70.7 Å². The van der Waals surface area contributed by atoms with Gasteiger partial charge in [-0.25, -0.2) is 4.79 Å². The van der Waals surface area contributed by atoms with Crippen LogP contribution in [0.15, 0.2) is 42.5 Å². The number of carbonyl (C=O) groups is 2. The maximum absolute atomic E-state index is 12.7. The zero-order valence-electron chi connectivity index (χ0n) is 14.8. The lowest BCUT2D eigenvalue weighted by molar-refractivity contribution is -0.120. The molecule has 1 saturated heterocycles. The molecule has 2 heterocycles. The lowest BCUT2D eigenvalue weighted by Crippen LogP contribution is -2.40. The molecule has 0 aliphatic carbocycles. The molecule has 26 heavy (non-hydrogen) atoms. The smallest absolute Gasteiger partial charge is 0.321 e. The first-order valence-corrected chi connectivity index (χ1v) is 8.65. The third-order valence-corrected chi connectivity index (χ3v) is 5.37. The third-order valence-electron chi connectivity index (χ3n) is 5.37. The van der Waals surface area contributed by atoms with Crippen LogP contribution in [0.25, 0.3) is 0 Å². The Hall–Kier alpha value is -3.02. The van der Waals surface area contributed by atoms with Gasteiger partial charge in [0.05, 0.1) is 12.5 Å². The van der Waals surface area contributed by atoms with Crippen LogP contribution < -0.4 is 15.4 Å². The van der Waals surface area contributed by atoms with Crippen molar-refractivity contribution in [3.8, 4) is 5.75 Å². The van der Waals surface area contributed by atoms with Crippen molar-refractivity contribution in [1.82, 2.24) is 4.90 Å². The van der Waals surface area contributed by atoms with Crippen molar-refractivity contribution >= 4 is 23.3 Å². The van der Waals surface area contributed by atoms with Gasteiger partial charge in [-0.2, -0.15) is 0 Å². The number of likely N-dealkylation sites (tertiary alicyclic amines) is 1. The highest BCUT2D eigenvalue weighted by Gasteiger charge is 2.52. The average molecular weight is 351 g/mol. The Balaban J connectivity index is 1.58. The summed E-state index contributed by atoms with van der Waals surface area (Å²) in [6.45, 7) is 2.84. The van der Waals surface area contributed by atoms with E-state index in [9.17, 15) is 9.59 Å². The molecule has 1 atom stereocenters. The summed E-state index contributed by atoms with van der Waals surface area (Å²) in [5.41, 5.74) is 2.80. The Morgan fingerprint density at radius 3 is 2.85 bits per heavy atom. The number of urea groups is 1. The zero-order valence-corrected chi connectivity index (χ0v) is 14.8. The van der Waals surface area contributed by atoms with Gasteiger partial charge >= 0.3 is 6.03 Å². The Kier molecular flexibility index (Phi) is 3.83. The van der Waals surface area contributed by atoms with Crippen LogP contribution in [0.4, 0.5) is 16.2 Å². The SMILES string of the molecule is COc1ccc2c(c1)[C@]1(CCN(C(=O)Nc3ccccc3C)C1)C(=O)N2. The van der Waals surface area contributed by atoms with Crippen molar-refractivity contribution in [2.45, 2.75) is 18.8 Å². The number of amides is 3. The molecule has 0 saturated carbocycles. The summed E-state index contributed by atoms with van der Waals surface area (Å²) < 4.78 is 5.31. The van der Waals surface area contributed by atoms with E-state index in [1.807, 2.05) is 49.4 Å². The molecule has 2 aliphatic heterocycles. The minimum absolute atomic E-state index is 0.0491. The minimum Gasteiger partial charge on any atom is -0.497 e. The number of rotatable bonds is 2. The fraction of sp³-hybridized carbons (Fsp3) is 0.300. The number of ether oxygens (including phenoxy) is 1. The quantitative estimate of drug-likeness (QED) is 0.873. The van der Waals surface area contributed by atoms with E-state index in [0.717, 1.165) is 22.5 Å². The number of methoxy groups -OCH3 is 1. The maximum Gasteiger partial charge on any atom is 0.321 e. The molecule has 0 unspecified atom stereocenters. The lowest BCUT2D eigenvalue weighted by atomic mass is 9.81. The van der Waals surface area contributed by atoms with Gasteiger partial charge in [0.1, 0.15) is 5.75 Å². The molecule has 2 aliphatic rings. The molecule has 2 aromatic rings. The molecule has 6 nitrogen and oxygen atoms in total. The Morgan fingerprint density at radius 2 is 2.08 bits per heavy atom.